The van der Waals surface area contributed by atoms with Crippen LogP contribution in [0.1, 0.15) is 17.3 Å². The van der Waals surface area contributed by atoms with Gasteiger partial charge in [0.15, 0.2) is 5.78 Å². The number of ether oxygens (including phenoxy) is 1. The van der Waals surface area contributed by atoms with Gasteiger partial charge in [-0.3, -0.25) is 9.78 Å². The fourth-order valence-corrected chi connectivity index (χ4v) is 2.41. The predicted octanol–water partition coefficient (Wildman–Crippen LogP) is 4.60. The molecule has 2 rings (SSSR count). The van der Waals surface area contributed by atoms with Gasteiger partial charge >= 0.3 is 0 Å². The summed E-state index contributed by atoms with van der Waals surface area (Å²) in [6, 6.07) is 7.06. The standard InChI is InChI=1S/C13H9Br2NO2/c1-8(17)12-3-2-10(5-13(12)15)18-11-4-9(14)6-16-7-11/h2-7H,1H3. The van der Waals surface area contributed by atoms with Crippen molar-refractivity contribution in [2.75, 3.05) is 0 Å². The van der Waals surface area contributed by atoms with Crippen molar-refractivity contribution in [3.05, 3.63) is 51.2 Å². The Morgan fingerprint density at radius 2 is 1.94 bits per heavy atom. The van der Waals surface area contributed by atoms with Crippen LogP contribution >= 0.6 is 31.9 Å². The molecular formula is C13H9Br2NO2. The van der Waals surface area contributed by atoms with Gasteiger partial charge in [-0.05, 0) is 63.0 Å². The van der Waals surface area contributed by atoms with Crippen LogP contribution in [0.4, 0.5) is 0 Å². The quantitative estimate of drug-likeness (QED) is 0.741. The smallest absolute Gasteiger partial charge is 0.160 e. The van der Waals surface area contributed by atoms with E-state index in [1.807, 2.05) is 6.07 Å². The van der Waals surface area contributed by atoms with Crippen molar-refractivity contribution in [3.8, 4) is 11.5 Å². The Labute approximate surface area is 121 Å². The second-order valence-electron chi connectivity index (χ2n) is 3.64. The molecule has 0 spiro atoms. The van der Waals surface area contributed by atoms with Gasteiger partial charge in [-0.1, -0.05) is 0 Å². The lowest BCUT2D eigenvalue weighted by Crippen LogP contribution is -1.94. The van der Waals surface area contributed by atoms with Crippen LogP contribution in [0.15, 0.2) is 45.6 Å². The Hall–Kier alpha value is -1.20. The van der Waals surface area contributed by atoms with Crippen molar-refractivity contribution in [2.45, 2.75) is 6.92 Å². The second-order valence-corrected chi connectivity index (χ2v) is 5.41. The van der Waals surface area contributed by atoms with Crippen LogP contribution in [0.3, 0.4) is 0 Å². The number of halogens is 2. The maximum absolute atomic E-state index is 11.3. The summed E-state index contributed by atoms with van der Waals surface area (Å²) in [7, 11) is 0. The van der Waals surface area contributed by atoms with Crippen molar-refractivity contribution in [1.29, 1.82) is 0 Å². The van der Waals surface area contributed by atoms with E-state index >= 15 is 0 Å². The zero-order chi connectivity index (χ0) is 13.1. The largest absolute Gasteiger partial charge is 0.456 e. The third kappa shape index (κ3) is 3.17. The SMILES string of the molecule is CC(=O)c1ccc(Oc2cncc(Br)c2)cc1Br. The van der Waals surface area contributed by atoms with Crippen LogP contribution in [0.5, 0.6) is 11.5 Å². The van der Waals surface area contributed by atoms with E-state index in [1.54, 1.807) is 30.6 Å². The molecule has 92 valence electrons. The highest BCUT2D eigenvalue weighted by atomic mass is 79.9. The van der Waals surface area contributed by atoms with Gasteiger partial charge in [0.25, 0.3) is 0 Å². The Morgan fingerprint density at radius 1 is 1.17 bits per heavy atom. The molecule has 0 aliphatic heterocycles. The first-order valence-electron chi connectivity index (χ1n) is 5.15. The van der Waals surface area contributed by atoms with Crippen LogP contribution < -0.4 is 4.74 Å². The van der Waals surface area contributed by atoms with Crippen LogP contribution in [-0.4, -0.2) is 10.8 Å². The summed E-state index contributed by atoms with van der Waals surface area (Å²) < 4.78 is 7.21. The highest BCUT2D eigenvalue weighted by molar-refractivity contribution is 9.10. The molecule has 1 heterocycles. The first-order chi connectivity index (χ1) is 8.56. The van der Waals surface area contributed by atoms with E-state index in [0.29, 0.717) is 17.1 Å². The van der Waals surface area contributed by atoms with Crippen LogP contribution in [-0.2, 0) is 0 Å². The molecular weight excluding hydrogens is 362 g/mol. The van der Waals surface area contributed by atoms with Crippen molar-refractivity contribution < 1.29 is 9.53 Å². The fraction of sp³-hybridized carbons (Fsp3) is 0.0769. The molecule has 0 saturated heterocycles. The predicted molar refractivity (Wildman–Crippen MR) is 76.2 cm³/mol. The van der Waals surface area contributed by atoms with E-state index in [-0.39, 0.29) is 5.78 Å². The maximum Gasteiger partial charge on any atom is 0.160 e. The molecule has 0 aliphatic rings. The summed E-state index contributed by atoms with van der Waals surface area (Å²) >= 11 is 6.67. The zero-order valence-corrected chi connectivity index (χ0v) is 12.7. The molecule has 1 aromatic carbocycles. The van der Waals surface area contributed by atoms with Crippen LogP contribution in [0.2, 0.25) is 0 Å². The molecule has 0 bridgehead atoms. The Kier molecular flexibility index (Phi) is 4.14. The van der Waals surface area contributed by atoms with E-state index in [2.05, 4.69) is 36.8 Å². The summed E-state index contributed by atoms with van der Waals surface area (Å²) in [6.45, 7) is 1.53. The molecule has 0 aliphatic carbocycles. The average Bonchev–Trinajstić information content (AvgIpc) is 2.28. The molecule has 2 aromatic rings. The number of nitrogens with zero attached hydrogens (tertiary/aromatic N) is 1. The maximum atomic E-state index is 11.3. The zero-order valence-electron chi connectivity index (χ0n) is 9.48. The van der Waals surface area contributed by atoms with Crippen molar-refractivity contribution >= 4 is 37.6 Å². The van der Waals surface area contributed by atoms with Crippen LogP contribution in [0, 0.1) is 0 Å². The molecule has 5 heteroatoms. The molecule has 0 saturated carbocycles. The number of hydrogen-bond acceptors (Lipinski definition) is 3. The lowest BCUT2D eigenvalue weighted by Gasteiger charge is -2.07. The summed E-state index contributed by atoms with van der Waals surface area (Å²) in [6.07, 6.45) is 3.30. The summed E-state index contributed by atoms with van der Waals surface area (Å²) in [5, 5.41) is 0. The second kappa shape index (κ2) is 5.63. The summed E-state index contributed by atoms with van der Waals surface area (Å²) in [5.41, 5.74) is 0.634. The summed E-state index contributed by atoms with van der Waals surface area (Å²) in [4.78, 5) is 15.3. The minimum Gasteiger partial charge on any atom is -0.456 e. The highest BCUT2D eigenvalue weighted by Crippen LogP contribution is 2.28. The van der Waals surface area contributed by atoms with Gasteiger partial charge in [-0.15, -0.1) is 0 Å². The molecule has 0 N–H and O–H groups in total. The van der Waals surface area contributed by atoms with E-state index in [9.17, 15) is 4.79 Å². The van der Waals surface area contributed by atoms with E-state index in [0.717, 1.165) is 8.95 Å². The molecule has 0 radical (unpaired) electrons. The number of carbonyl (C=O) groups is 1. The number of carbonyl (C=O) groups excluding carboxylic acids is 1. The lowest BCUT2D eigenvalue weighted by molar-refractivity contribution is 0.101. The van der Waals surface area contributed by atoms with Gasteiger partial charge < -0.3 is 4.74 Å². The van der Waals surface area contributed by atoms with Crippen LogP contribution in [0.25, 0.3) is 0 Å². The highest BCUT2D eigenvalue weighted by Gasteiger charge is 2.07. The number of hydrogen-bond donors (Lipinski definition) is 0. The number of pyridine rings is 1. The van der Waals surface area contributed by atoms with Crippen molar-refractivity contribution in [2.24, 2.45) is 0 Å². The van der Waals surface area contributed by atoms with Gasteiger partial charge in [0.1, 0.15) is 11.5 Å². The van der Waals surface area contributed by atoms with Gasteiger partial charge in [-0.25, -0.2) is 0 Å². The number of benzene rings is 1. The van der Waals surface area contributed by atoms with E-state index in [1.165, 1.54) is 6.92 Å². The minimum absolute atomic E-state index is 0.0116. The van der Waals surface area contributed by atoms with Crippen molar-refractivity contribution in [1.82, 2.24) is 4.98 Å². The first-order valence-corrected chi connectivity index (χ1v) is 6.74. The Morgan fingerprint density at radius 3 is 2.56 bits per heavy atom. The monoisotopic (exact) mass is 369 g/mol. The summed E-state index contributed by atoms with van der Waals surface area (Å²) in [5.74, 6) is 1.29. The van der Waals surface area contributed by atoms with Gasteiger partial charge in [0.05, 0.1) is 6.20 Å². The third-order valence-corrected chi connectivity index (χ3v) is 3.33. The van der Waals surface area contributed by atoms with E-state index < -0.39 is 0 Å². The number of aromatic nitrogens is 1. The minimum atomic E-state index is 0.0116. The van der Waals surface area contributed by atoms with Crippen molar-refractivity contribution in [3.63, 3.8) is 0 Å². The molecule has 0 fully saturated rings. The normalized spacial score (nSPS) is 10.2. The number of Topliss-reactive ketones (excluding diaryl/α,β-unsaturated/α-hetero) is 1. The van der Waals surface area contributed by atoms with Gasteiger partial charge in [-0.2, -0.15) is 0 Å². The average molecular weight is 371 g/mol. The molecule has 0 amide bonds. The topological polar surface area (TPSA) is 39.2 Å². The Bertz CT molecular complexity index is 599. The van der Waals surface area contributed by atoms with Gasteiger partial charge in [0, 0.05) is 20.7 Å². The lowest BCUT2D eigenvalue weighted by atomic mass is 10.1. The number of ketones is 1. The molecule has 18 heavy (non-hydrogen) atoms. The van der Waals surface area contributed by atoms with Gasteiger partial charge in [0.2, 0.25) is 0 Å². The molecule has 3 nitrogen and oxygen atoms in total. The fourth-order valence-electron chi connectivity index (χ4n) is 1.43. The molecule has 1 aromatic heterocycles. The number of rotatable bonds is 3. The third-order valence-electron chi connectivity index (χ3n) is 2.24. The Balaban J connectivity index is 2.25. The first kappa shape index (κ1) is 13.2. The molecule has 0 unspecified atom stereocenters. The van der Waals surface area contributed by atoms with E-state index in [4.69, 9.17) is 4.74 Å². The molecule has 0 atom stereocenters.